The van der Waals surface area contributed by atoms with Crippen LogP contribution in [0.25, 0.3) is 16.9 Å². The number of benzene rings is 1. The summed E-state index contributed by atoms with van der Waals surface area (Å²) in [6, 6.07) is 8.27. The van der Waals surface area contributed by atoms with Crippen molar-refractivity contribution in [3.05, 3.63) is 51.8 Å². The van der Waals surface area contributed by atoms with E-state index in [-0.39, 0.29) is 5.82 Å². The molecule has 0 saturated carbocycles. The van der Waals surface area contributed by atoms with Crippen molar-refractivity contribution in [3.8, 4) is 11.3 Å². The second-order valence-corrected chi connectivity index (χ2v) is 5.34. The highest BCUT2D eigenvalue weighted by Crippen LogP contribution is 2.34. The molecule has 0 bridgehead atoms. The van der Waals surface area contributed by atoms with Crippen LogP contribution in [0.5, 0.6) is 0 Å². The van der Waals surface area contributed by atoms with Crippen molar-refractivity contribution >= 4 is 39.0 Å². The van der Waals surface area contributed by atoms with E-state index in [0.717, 1.165) is 10.0 Å². The van der Waals surface area contributed by atoms with Crippen molar-refractivity contribution in [2.75, 3.05) is 5.73 Å². The largest absolute Gasteiger partial charge is 0.383 e. The Kier molecular flexibility index (Phi) is 2.95. The Morgan fingerprint density at radius 1 is 1.26 bits per heavy atom. The number of nitrogen functional groups attached to an aromatic ring is 1. The highest BCUT2D eigenvalue weighted by Gasteiger charge is 2.14. The van der Waals surface area contributed by atoms with Gasteiger partial charge in [-0.25, -0.2) is 9.37 Å². The molecule has 3 aromatic rings. The maximum absolute atomic E-state index is 13.2. The first-order valence-electron chi connectivity index (χ1n) is 5.45. The lowest BCUT2D eigenvalue weighted by Gasteiger charge is -2.03. The minimum absolute atomic E-state index is 0.367. The Labute approximate surface area is 122 Å². The third-order valence-electron chi connectivity index (χ3n) is 2.80. The van der Waals surface area contributed by atoms with Gasteiger partial charge in [0.05, 0.1) is 0 Å². The predicted molar refractivity (Wildman–Crippen MR) is 77.7 cm³/mol. The van der Waals surface area contributed by atoms with Crippen molar-refractivity contribution < 1.29 is 4.39 Å². The van der Waals surface area contributed by atoms with E-state index in [1.54, 1.807) is 18.2 Å². The van der Waals surface area contributed by atoms with Gasteiger partial charge in [0.1, 0.15) is 23.0 Å². The molecule has 2 N–H and O–H groups in total. The van der Waals surface area contributed by atoms with Gasteiger partial charge in [0.25, 0.3) is 0 Å². The zero-order valence-electron chi connectivity index (χ0n) is 9.57. The molecule has 0 atom stereocenters. The summed E-state index contributed by atoms with van der Waals surface area (Å²) in [6.45, 7) is 0. The van der Waals surface area contributed by atoms with Crippen molar-refractivity contribution in [1.29, 1.82) is 0 Å². The van der Waals surface area contributed by atoms with Crippen LogP contribution in [-0.4, -0.2) is 9.38 Å². The fraction of sp³-hybridized carbons (Fsp3) is 0. The lowest BCUT2D eigenvalue weighted by molar-refractivity contribution is 0.619. The first-order valence-corrected chi connectivity index (χ1v) is 6.62. The average Bonchev–Trinajstić information content (AvgIpc) is 2.70. The highest BCUT2D eigenvalue weighted by atomic mass is 79.9. The van der Waals surface area contributed by atoms with Crippen LogP contribution in [-0.2, 0) is 0 Å². The van der Waals surface area contributed by atoms with E-state index in [1.165, 1.54) is 16.7 Å². The third-order valence-corrected chi connectivity index (χ3v) is 3.73. The summed E-state index contributed by atoms with van der Waals surface area (Å²) in [5.41, 5.74) is 7.95. The predicted octanol–water partition coefficient (Wildman–Crippen LogP) is 4.14. The number of imidazole rings is 1. The summed E-state index contributed by atoms with van der Waals surface area (Å²) in [4.78, 5) is 4.41. The van der Waals surface area contributed by atoms with Gasteiger partial charge in [-0.2, -0.15) is 0 Å². The standard InChI is InChI=1S/C13H8BrClFN3/c14-10-3-1-7(15)5-9(10)12-13(17)19-6-8(16)2-4-11(19)18-12/h1-6H,17H2. The number of anilines is 1. The van der Waals surface area contributed by atoms with Crippen LogP contribution in [0.1, 0.15) is 0 Å². The zero-order chi connectivity index (χ0) is 13.6. The molecule has 6 heteroatoms. The molecule has 0 unspecified atom stereocenters. The van der Waals surface area contributed by atoms with E-state index in [4.69, 9.17) is 17.3 Å². The van der Waals surface area contributed by atoms with Crippen molar-refractivity contribution in [3.63, 3.8) is 0 Å². The van der Waals surface area contributed by atoms with Gasteiger partial charge in [-0.05, 0) is 30.3 Å². The molecule has 0 aliphatic heterocycles. The molecule has 3 rings (SSSR count). The molecule has 96 valence electrons. The molecular weight excluding hydrogens is 333 g/mol. The Balaban J connectivity index is 2.31. The normalized spacial score (nSPS) is 11.1. The Bertz CT molecular complexity index is 785. The minimum atomic E-state index is -0.367. The molecule has 0 aliphatic rings. The number of hydrogen-bond acceptors (Lipinski definition) is 2. The van der Waals surface area contributed by atoms with Crippen molar-refractivity contribution in [2.45, 2.75) is 0 Å². The first-order chi connectivity index (χ1) is 9.06. The summed E-state index contributed by atoms with van der Waals surface area (Å²) in [6.07, 6.45) is 1.31. The van der Waals surface area contributed by atoms with E-state index >= 15 is 0 Å². The maximum atomic E-state index is 13.2. The Morgan fingerprint density at radius 3 is 2.84 bits per heavy atom. The maximum Gasteiger partial charge on any atom is 0.140 e. The van der Waals surface area contributed by atoms with E-state index in [9.17, 15) is 4.39 Å². The number of aromatic nitrogens is 2. The van der Waals surface area contributed by atoms with Crippen LogP contribution in [0, 0.1) is 5.82 Å². The number of pyridine rings is 1. The molecule has 2 aromatic heterocycles. The summed E-state index contributed by atoms with van der Waals surface area (Å²) in [5, 5.41) is 0.584. The minimum Gasteiger partial charge on any atom is -0.383 e. The number of nitrogens with zero attached hydrogens (tertiary/aromatic N) is 2. The molecule has 0 aliphatic carbocycles. The van der Waals surface area contributed by atoms with Gasteiger partial charge in [-0.3, -0.25) is 4.40 Å². The van der Waals surface area contributed by atoms with Crippen LogP contribution in [0.2, 0.25) is 5.02 Å². The van der Waals surface area contributed by atoms with Gasteiger partial charge in [0.2, 0.25) is 0 Å². The fourth-order valence-corrected chi connectivity index (χ4v) is 2.52. The van der Waals surface area contributed by atoms with Crippen LogP contribution in [0.4, 0.5) is 10.2 Å². The molecule has 3 nitrogen and oxygen atoms in total. The Morgan fingerprint density at radius 2 is 2.05 bits per heavy atom. The van der Waals surface area contributed by atoms with Gasteiger partial charge in [-0.1, -0.05) is 27.5 Å². The monoisotopic (exact) mass is 339 g/mol. The lowest BCUT2D eigenvalue weighted by atomic mass is 10.1. The number of fused-ring (bicyclic) bond motifs is 1. The van der Waals surface area contributed by atoms with Gasteiger partial charge in [0.15, 0.2) is 0 Å². The van der Waals surface area contributed by atoms with Gasteiger partial charge in [0, 0.05) is 21.3 Å². The zero-order valence-corrected chi connectivity index (χ0v) is 11.9. The average molecular weight is 341 g/mol. The molecule has 0 spiro atoms. The van der Waals surface area contributed by atoms with Crippen LogP contribution in [0.15, 0.2) is 41.0 Å². The summed E-state index contributed by atoms with van der Waals surface area (Å²) < 4.78 is 15.6. The summed E-state index contributed by atoms with van der Waals surface area (Å²) in [5.74, 6) is 0.00535. The van der Waals surface area contributed by atoms with Gasteiger partial charge in [-0.15, -0.1) is 0 Å². The van der Waals surface area contributed by atoms with Crippen LogP contribution in [0.3, 0.4) is 0 Å². The molecule has 1 aromatic carbocycles. The smallest absolute Gasteiger partial charge is 0.140 e. The quantitative estimate of drug-likeness (QED) is 0.723. The number of nitrogens with two attached hydrogens (primary N) is 1. The molecular formula is C13H8BrClFN3. The second kappa shape index (κ2) is 4.51. The number of rotatable bonds is 1. The number of hydrogen-bond donors (Lipinski definition) is 1. The topological polar surface area (TPSA) is 43.3 Å². The van der Waals surface area contributed by atoms with E-state index in [1.807, 2.05) is 6.07 Å². The van der Waals surface area contributed by atoms with Crippen molar-refractivity contribution in [2.24, 2.45) is 0 Å². The molecule has 0 fully saturated rings. The highest BCUT2D eigenvalue weighted by molar-refractivity contribution is 9.10. The molecule has 19 heavy (non-hydrogen) atoms. The third kappa shape index (κ3) is 2.09. The van der Waals surface area contributed by atoms with E-state index < -0.39 is 0 Å². The van der Waals surface area contributed by atoms with E-state index in [0.29, 0.717) is 22.2 Å². The second-order valence-electron chi connectivity index (χ2n) is 4.05. The molecule has 2 heterocycles. The number of halogens is 3. The molecule has 0 radical (unpaired) electrons. The molecule has 0 amide bonds. The van der Waals surface area contributed by atoms with Gasteiger partial charge >= 0.3 is 0 Å². The summed E-state index contributed by atoms with van der Waals surface area (Å²) in [7, 11) is 0. The van der Waals surface area contributed by atoms with Crippen LogP contribution >= 0.6 is 27.5 Å². The van der Waals surface area contributed by atoms with Crippen molar-refractivity contribution in [1.82, 2.24) is 9.38 Å². The summed E-state index contributed by atoms with van der Waals surface area (Å²) >= 11 is 9.42. The SMILES string of the molecule is Nc1c(-c2cc(Cl)ccc2Br)nc2ccc(F)cn12. The fourth-order valence-electron chi connectivity index (χ4n) is 1.91. The first kappa shape index (κ1) is 12.4. The molecule has 0 saturated heterocycles. The van der Waals surface area contributed by atoms with E-state index in [2.05, 4.69) is 20.9 Å². The van der Waals surface area contributed by atoms with Gasteiger partial charge < -0.3 is 5.73 Å². The van der Waals surface area contributed by atoms with Crippen LogP contribution < -0.4 is 5.73 Å². The Hall–Kier alpha value is -1.59. The lowest BCUT2D eigenvalue weighted by Crippen LogP contribution is -1.95.